The second kappa shape index (κ2) is 5.81. The number of aryl methyl sites for hydroxylation is 1. The summed E-state index contributed by atoms with van der Waals surface area (Å²) in [5.41, 5.74) is 1.88. The molecule has 0 radical (unpaired) electrons. The van der Waals surface area contributed by atoms with Gasteiger partial charge >= 0.3 is 0 Å². The van der Waals surface area contributed by atoms with E-state index in [1.54, 1.807) is 12.5 Å². The van der Waals surface area contributed by atoms with Gasteiger partial charge in [-0.1, -0.05) is 0 Å². The van der Waals surface area contributed by atoms with Crippen LogP contribution < -0.4 is 0 Å². The molecular weight excluding hydrogens is 256 g/mol. The SMILES string of the molecule is Cc1oc(-c2ccoc2)nc1CN(C)C1CCOCC1. The highest BCUT2D eigenvalue weighted by Crippen LogP contribution is 2.24. The predicted molar refractivity (Wildman–Crippen MR) is 74.3 cm³/mol. The van der Waals surface area contributed by atoms with E-state index in [9.17, 15) is 0 Å². The van der Waals surface area contributed by atoms with Crippen molar-refractivity contribution in [2.75, 3.05) is 20.3 Å². The van der Waals surface area contributed by atoms with E-state index in [1.807, 2.05) is 13.0 Å². The first kappa shape index (κ1) is 13.4. The van der Waals surface area contributed by atoms with Crippen molar-refractivity contribution >= 4 is 0 Å². The summed E-state index contributed by atoms with van der Waals surface area (Å²) in [4.78, 5) is 6.93. The molecule has 5 heteroatoms. The van der Waals surface area contributed by atoms with E-state index in [0.29, 0.717) is 11.9 Å². The van der Waals surface area contributed by atoms with Crippen LogP contribution in [0.15, 0.2) is 27.4 Å². The monoisotopic (exact) mass is 276 g/mol. The Morgan fingerprint density at radius 3 is 2.85 bits per heavy atom. The molecule has 0 atom stereocenters. The van der Waals surface area contributed by atoms with Crippen LogP contribution in [0.3, 0.4) is 0 Å². The lowest BCUT2D eigenvalue weighted by Gasteiger charge is -2.30. The molecule has 0 unspecified atom stereocenters. The molecule has 2 aromatic heterocycles. The van der Waals surface area contributed by atoms with E-state index in [0.717, 1.165) is 49.6 Å². The minimum atomic E-state index is 0.567. The van der Waals surface area contributed by atoms with Gasteiger partial charge in [0.1, 0.15) is 12.0 Å². The van der Waals surface area contributed by atoms with Crippen molar-refractivity contribution in [2.24, 2.45) is 0 Å². The molecule has 0 bridgehead atoms. The topological polar surface area (TPSA) is 51.6 Å². The van der Waals surface area contributed by atoms with Crippen LogP contribution in [-0.2, 0) is 11.3 Å². The number of hydrogen-bond acceptors (Lipinski definition) is 5. The van der Waals surface area contributed by atoms with Crippen LogP contribution in [0.4, 0.5) is 0 Å². The zero-order valence-electron chi connectivity index (χ0n) is 12.0. The van der Waals surface area contributed by atoms with Gasteiger partial charge in [0.25, 0.3) is 0 Å². The fourth-order valence-corrected chi connectivity index (χ4v) is 2.58. The van der Waals surface area contributed by atoms with Gasteiger partial charge in [-0.25, -0.2) is 4.98 Å². The lowest BCUT2D eigenvalue weighted by atomic mass is 10.1. The molecule has 0 amide bonds. The average Bonchev–Trinajstić information content (AvgIpc) is 3.10. The molecule has 108 valence electrons. The minimum absolute atomic E-state index is 0.567. The summed E-state index contributed by atoms with van der Waals surface area (Å²) in [6.07, 6.45) is 5.45. The number of oxazole rings is 1. The van der Waals surface area contributed by atoms with Gasteiger partial charge in [-0.2, -0.15) is 0 Å². The minimum Gasteiger partial charge on any atom is -0.472 e. The maximum absolute atomic E-state index is 5.72. The second-order valence-corrected chi connectivity index (χ2v) is 5.29. The highest BCUT2D eigenvalue weighted by atomic mass is 16.5. The molecule has 0 aliphatic carbocycles. The molecule has 3 rings (SSSR count). The van der Waals surface area contributed by atoms with E-state index in [4.69, 9.17) is 13.6 Å². The summed E-state index contributed by atoms with van der Waals surface area (Å²) < 4.78 is 16.2. The van der Waals surface area contributed by atoms with Crippen LogP contribution in [0.1, 0.15) is 24.3 Å². The van der Waals surface area contributed by atoms with Crippen molar-refractivity contribution in [3.8, 4) is 11.5 Å². The third-order valence-corrected chi connectivity index (χ3v) is 3.87. The van der Waals surface area contributed by atoms with Crippen LogP contribution in [0.25, 0.3) is 11.5 Å². The number of ether oxygens (including phenoxy) is 1. The summed E-state index contributed by atoms with van der Waals surface area (Å²) in [6, 6.07) is 2.43. The van der Waals surface area contributed by atoms with Gasteiger partial charge in [-0.05, 0) is 32.9 Å². The zero-order valence-corrected chi connectivity index (χ0v) is 12.0. The Morgan fingerprint density at radius 1 is 1.35 bits per heavy atom. The fourth-order valence-electron chi connectivity index (χ4n) is 2.58. The van der Waals surface area contributed by atoms with E-state index < -0.39 is 0 Å². The summed E-state index contributed by atoms with van der Waals surface area (Å²) >= 11 is 0. The van der Waals surface area contributed by atoms with Gasteiger partial charge in [0.05, 0.1) is 17.5 Å². The molecular formula is C15H20N2O3. The Kier molecular flexibility index (Phi) is 3.89. The van der Waals surface area contributed by atoms with Crippen molar-refractivity contribution in [1.29, 1.82) is 0 Å². The van der Waals surface area contributed by atoms with Crippen molar-refractivity contribution in [3.05, 3.63) is 30.0 Å². The summed E-state index contributed by atoms with van der Waals surface area (Å²) in [7, 11) is 2.14. The van der Waals surface area contributed by atoms with Crippen LogP contribution >= 0.6 is 0 Å². The smallest absolute Gasteiger partial charge is 0.229 e. The van der Waals surface area contributed by atoms with Crippen molar-refractivity contribution in [2.45, 2.75) is 32.4 Å². The maximum atomic E-state index is 5.72. The van der Waals surface area contributed by atoms with Crippen molar-refractivity contribution in [1.82, 2.24) is 9.88 Å². The standard InChI is InChI=1S/C15H20N2O3/c1-11-14(9-17(2)13-4-7-18-8-5-13)16-15(20-11)12-3-6-19-10-12/h3,6,10,13H,4-5,7-9H2,1-2H3. The Morgan fingerprint density at radius 2 is 2.15 bits per heavy atom. The normalized spacial score (nSPS) is 16.9. The molecule has 0 aromatic carbocycles. The summed E-state index contributed by atoms with van der Waals surface area (Å²) in [5.74, 6) is 1.51. The molecule has 1 aliphatic rings. The zero-order chi connectivity index (χ0) is 13.9. The Bertz CT molecular complexity index is 541. The van der Waals surface area contributed by atoms with Crippen LogP contribution in [0.2, 0.25) is 0 Å². The second-order valence-electron chi connectivity index (χ2n) is 5.29. The van der Waals surface area contributed by atoms with Crippen LogP contribution in [-0.4, -0.2) is 36.2 Å². The number of aromatic nitrogens is 1. The summed E-state index contributed by atoms with van der Waals surface area (Å²) in [6.45, 7) is 4.47. The molecule has 5 nitrogen and oxygen atoms in total. The average molecular weight is 276 g/mol. The fraction of sp³-hybridized carbons (Fsp3) is 0.533. The molecule has 0 N–H and O–H groups in total. The molecule has 1 fully saturated rings. The largest absolute Gasteiger partial charge is 0.472 e. The number of furan rings is 1. The van der Waals surface area contributed by atoms with Crippen molar-refractivity contribution in [3.63, 3.8) is 0 Å². The van der Waals surface area contributed by atoms with Gasteiger partial charge in [-0.15, -0.1) is 0 Å². The van der Waals surface area contributed by atoms with E-state index in [1.165, 1.54) is 0 Å². The van der Waals surface area contributed by atoms with E-state index in [2.05, 4.69) is 16.9 Å². The quantitative estimate of drug-likeness (QED) is 0.859. The Balaban J connectivity index is 1.70. The van der Waals surface area contributed by atoms with Gasteiger partial charge < -0.3 is 13.6 Å². The highest BCUT2D eigenvalue weighted by molar-refractivity contribution is 5.51. The molecule has 20 heavy (non-hydrogen) atoms. The predicted octanol–water partition coefficient (Wildman–Crippen LogP) is 2.85. The van der Waals surface area contributed by atoms with E-state index >= 15 is 0 Å². The number of rotatable bonds is 4. The Labute approximate surface area is 118 Å². The van der Waals surface area contributed by atoms with Crippen LogP contribution in [0, 0.1) is 6.92 Å². The molecule has 3 heterocycles. The van der Waals surface area contributed by atoms with Gasteiger partial charge in [0, 0.05) is 25.8 Å². The lowest BCUT2D eigenvalue weighted by Crippen LogP contribution is -2.36. The van der Waals surface area contributed by atoms with Gasteiger partial charge in [0.2, 0.25) is 5.89 Å². The Hall–Kier alpha value is -1.59. The maximum Gasteiger partial charge on any atom is 0.229 e. The van der Waals surface area contributed by atoms with Gasteiger partial charge in [0.15, 0.2) is 0 Å². The molecule has 1 saturated heterocycles. The lowest BCUT2D eigenvalue weighted by molar-refractivity contribution is 0.0402. The van der Waals surface area contributed by atoms with Crippen LogP contribution in [0.5, 0.6) is 0 Å². The van der Waals surface area contributed by atoms with E-state index in [-0.39, 0.29) is 0 Å². The first-order valence-corrected chi connectivity index (χ1v) is 7.01. The molecule has 1 aliphatic heterocycles. The first-order valence-electron chi connectivity index (χ1n) is 7.01. The van der Waals surface area contributed by atoms with Gasteiger partial charge in [-0.3, -0.25) is 4.90 Å². The number of hydrogen-bond donors (Lipinski definition) is 0. The third kappa shape index (κ3) is 2.78. The number of nitrogens with zero attached hydrogens (tertiary/aromatic N) is 2. The van der Waals surface area contributed by atoms with Crippen molar-refractivity contribution < 1.29 is 13.6 Å². The molecule has 0 spiro atoms. The molecule has 2 aromatic rings. The first-order chi connectivity index (χ1) is 9.74. The summed E-state index contributed by atoms with van der Waals surface area (Å²) in [5, 5.41) is 0. The highest BCUT2D eigenvalue weighted by Gasteiger charge is 2.21. The molecule has 0 saturated carbocycles. The third-order valence-electron chi connectivity index (χ3n) is 3.87.